The van der Waals surface area contributed by atoms with Gasteiger partial charge in [0.05, 0.1) is 6.61 Å². The molecule has 0 aromatic rings. The van der Waals surface area contributed by atoms with Gasteiger partial charge in [0.2, 0.25) is 0 Å². The van der Waals surface area contributed by atoms with Gasteiger partial charge in [-0.1, -0.05) is 13.2 Å². The van der Waals surface area contributed by atoms with Crippen molar-refractivity contribution < 1.29 is 4.74 Å². The predicted molar refractivity (Wildman–Crippen MR) is 116 cm³/mol. The van der Waals surface area contributed by atoms with E-state index in [-0.39, 0.29) is 6.17 Å². The number of ether oxygens (including phenoxy) is 1. The van der Waals surface area contributed by atoms with Crippen molar-refractivity contribution in [3.8, 4) is 0 Å². The SMILES string of the molecule is C=C1N2CCCCCN1[C@]1(OCCCSCCN)[C@H]2N2CCCCCN1C2=C. The van der Waals surface area contributed by atoms with Gasteiger partial charge in [-0.05, 0) is 50.7 Å². The lowest BCUT2D eigenvalue weighted by Gasteiger charge is -2.44. The molecule has 0 aliphatic carbocycles. The summed E-state index contributed by atoms with van der Waals surface area (Å²) in [5, 5.41) is 0. The normalized spacial score (nSPS) is 30.2. The molecule has 2 N–H and O–H groups in total. The maximum absolute atomic E-state index is 6.89. The fraction of sp³-hybridized carbons (Fsp3) is 0.810. The van der Waals surface area contributed by atoms with Gasteiger partial charge in [-0.3, -0.25) is 0 Å². The molecule has 28 heavy (non-hydrogen) atoms. The van der Waals surface area contributed by atoms with Crippen molar-refractivity contribution in [3.05, 3.63) is 24.8 Å². The van der Waals surface area contributed by atoms with Crippen molar-refractivity contribution in [1.82, 2.24) is 19.6 Å². The van der Waals surface area contributed by atoms with Crippen LogP contribution in [0.5, 0.6) is 0 Å². The van der Waals surface area contributed by atoms with E-state index in [0.717, 1.165) is 68.9 Å². The van der Waals surface area contributed by atoms with Gasteiger partial charge in [-0.25, -0.2) is 0 Å². The first kappa shape index (κ1) is 20.2. The molecule has 4 bridgehead atoms. The van der Waals surface area contributed by atoms with E-state index in [1.165, 1.54) is 38.5 Å². The summed E-state index contributed by atoms with van der Waals surface area (Å²) in [7, 11) is 0. The highest BCUT2D eigenvalue weighted by atomic mass is 32.2. The maximum Gasteiger partial charge on any atom is 0.265 e. The van der Waals surface area contributed by atoms with Crippen LogP contribution < -0.4 is 5.73 Å². The second-order valence-electron chi connectivity index (χ2n) is 8.28. The second-order valence-corrected chi connectivity index (χ2v) is 9.50. The van der Waals surface area contributed by atoms with Gasteiger partial charge in [0.1, 0.15) is 11.6 Å². The summed E-state index contributed by atoms with van der Waals surface area (Å²) in [6, 6.07) is 0. The van der Waals surface area contributed by atoms with E-state index in [0.29, 0.717) is 0 Å². The summed E-state index contributed by atoms with van der Waals surface area (Å²) >= 11 is 1.92. The first-order valence-electron chi connectivity index (χ1n) is 11.1. The first-order chi connectivity index (χ1) is 13.7. The first-order valence-corrected chi connectivity index (χ1v) is 12.3. The van der Waals surface area contributed by atoms with Crippen LogP contribution in [0.1, 0.15) is 44.9 Å². The molecule has 158 valence electrons. The van der Waals surface area contributed by atoms with Crippen molar-refractivity contribution >= 4 is 11.8 Å². The van der Waals surface area contributed by atoms with E-state index < -0.39 is 5.85 Å². The Hall–Kier alpha value is -1.05. The van der Waals surface area contributed by atoms with Crippen LogP contribution in [0.25, 0.3) is 0 Å². The van der Waals surface area contributed by atoms with E-state index in [1.54, 1.807) is 0 Å². The number of hydrogen-bond donors (Lipinski definition) is 1. The Balaban J connectivity index is 1.62. The summed E-state index contributed by atoms with van der Waals surface area (Å²) in [4.78, 5) is 9.97. The molecule has 4 aliphatic rings. The average molecular weight is 408 g/mol. The van der Waals surface area contributed by atoms with Crippen LogP contribution in [0.2, 0.25) is 0 Å². The lowest BCUT2D eigenvalue weighted by molar-refractivity contribution is -0.213. The summed E-state index contributed by atoms with van der Waals surface area (Å²) in [6.07, 6.45) is 8.67. The van der Waals surface area contributed by atoms with E-state index in [4.69, 9.17) is 10.5 Å². The van der Waals surface area contributed by atoms with Crippen molar-refractivity contribution in [2.75, 3.05) is 50.8 Å². The fourth-order valence-electron chi connectivity index (χ4n) is 5.30. The largest absolute Gasteiger partial charge is 0.335 e. The monoisotopic (exact) mass is 407 g/mol. The molecule has 4 aliphatic heterocycles. The molecule has 0 amide bonds. The van der Waals surface area contributed by atoms with Gasteiger partial charge in [0.15, 0.2) is 6.17 Å². The number of thioether (sulfide) groups is 1. The molecule has 7 heteroatoms. The van der Waals surface area contributed by atoms with Crippen molar-refractivity contribution in [2.24, 2.45) is 5.73 Å². The topological polar surface area (TPSA) is 48.2 Å². The summed E-state index contributed by atoms with van der Waals surface area (Å²) in [5.74, 6) is 3.96. The van der Waals surface area contributed by atoms with Gasteiger partial charge >= 0.3 is 0 Å². The zero-order chi connectivity index (χ0) is 19.6. The lowest BCUT2D eigenvalue weighted by atomic mass is 10.2. The Morgan fingerprint density at radius 1 is 0.893 bits per heavy atom. The summed E-state index contributed by atoms with van der Waals surface area (Å²) < 4.78 is 6.89. The smallest absolute Gasteiger partial charge is 0.265 e. The molecule has 4 saturated heterocycles. The van der Waals surface area contributed by atoms with Gasteiger partial charge in [-0.15, -0.1) is 0 Å². The summed E-state index contributed by atoms with van der Waals surface area (Å²) in [5.41, 5.74) is 5.62. The lowest BCUT2D eigenvalue weighted by Crippen LogP contribution is -2.61. The molecule has 0 aromatic heterocycles. The van der Waals surface area contributed by atoms with E-state index in [1.807, 2.05) is 11.8 Å². The van der Waals surface area contributed by atoms with E-state index >= 15 is 0 Å². The number of nitrogens with two attached hydrogens (primary N) is 1. The van der Waals surface area contributed by atoms with E-state index in [9.17, 15) is 0 Å². The van der Waals surface area contributed by atoms with Crippen molar-refractivity contribution in [1.29, 1.82) is 0 Å². The third kappa shape index (κ3) is 3.29. The highest BCUT2D eigenvalue weighted by molar-refractivity contribution is 7.99. The van der Waals surface area contributed by atoms with Crippen LogP contribution in [0, 0.1) is 0 Å². The van der Waals surface area contributed by atoms with Gasteiger partial charge in [0.25, 0.3) is 5.85 Å². The van der Waals surface area contributed by atoms with Crippen molar-refractivity contribution in [3.63, 3.8) is 0 Å². The van der Waals surface area contributed by atoms with Gasteiger partial charge in [0, 0.05) is 38.5 Å². The van der Waals surface area contributed by atoms with Gasteiger partial charge in [-0.2, -0.15) is 11.8 Å². The molecule has 4 fully saturated rings. The van der Waals surface area contributed by atoms with Crippen LogP contribution in [0.3, 0.4) is 0 Å². The van der Waals surface area contributed by atoms with E-state index in [2.05, 4.69) is 32.8 Å². The fourth-order valence-corrected chi connectivity index (χ4v) is 5.99. The number of hydrogen-bond acceptors (Lipinski definition) is 7. The molecule has 0 atom stereocenters. The maximum atomic E-state index is 6.89. The highest BCUT2D eigenvalue weighted by Crippen LogP contribution is 2.51. The molecule has 0 aromatic carbocycles. The molecule has 0 unspecified atom stereocenters. The molecular weight excluding hydrogens is 370 g/mol. The van der Waals surface area contributed by atoms with Crippen LogP contribution in [0.15, 0.2) is 24.8 Å². The third-order valence-electron chi connectivity index (χ3n) is 6.56. The predicted octanol–water partition coefficient (Wildman–Crippen LogP) is 2.61. The minimum atomic E-state index is -0.457. The minimum Gasteiger partial charge on any atom is -0.335 e. The van der Waals surface area contributed by atoms with Gasteiger partial charge < -0.3 is 30.1 Å². The number of fused-ring (bicyclic) bond motifs is 9. The molecule has 6 nitrogen and oxygen atoms in total. The van der Waals surface area contributed by atoms with Crippen molar-refractivity contribution in [2.45, 2.75) is 57.0 Å². The Morgan fingerprint density at radius 3 is 2.04 bits per heavy atom. The third-order valence-corrected chi connectivity index (χ3v) is 7.66. The number of nitrogens with zero attached hydrogens (tertiary/aromatic N) is 4. The van der Waals surface area contributed by atoms with Crippen LogP contribution in [-0.2, 0) is 4.74 Å². The van der Waals surface area contributed by atoms with Crippen LogP contribution >= 0.6 is 11.8 Å². The molecule has 0 radical (unpaired) electrons. The zero-order valence-electron chi connectivity index (χ0n) is 17.3. The molecular formula is C21H37N5OS. The quantitative estimate of drug-likeness (QED) is 0.651. The standard InChI is InChI=1S/C21H37N5OS/c1-18-23-11-5-3-7-13-25(18)21(27-15-9-16-28-17-10-22)20(23)24-12-6-4-8-14-26(21)19(24)2/h20H,1-17,22H2/t20-,21-. The average Bonchev–Trinajstić information content (AvgIpc) is 3.08. The highest BCUT2D eigenvalue weighted by Gasteiger charge is 2.66. The van der Waals surface area contributed by atoms with Crippen LogP contribution in [0.4, 0.5) is 0 Å². The summed E-state index contributed by atoms with van der Waals surface area (Å²) in [6.45, 7) is 14.7. The Bertz CT molecular complexity index is 547. The molecule has 4 rings (SSSR count). The zero-order valence-corrected chi connectivity index (χ0v) is 18.1. The molecule has 0 spiro atoms. The molecule has 4 heterocycles. The Kier molecular flexibility index (Phi) is 6.33. The molecule has 0 saturated carbocycles. The Morgan fingerprint density at radius 2 is 1.46 bits per heavy atom. The second kappa shape index (κ2) is 8.76. The number of rotatable bonds is 7. The Labute approximate surface area is 174 Å². The minimum absolute atomic E-state index is 0.181. The van der Waals surface area contributed by atoms with Crippen LogP contribution in [-0.4, -0.2) is 82.5 Å².